The Kier molecular flexibility index (Phi) is 21.9. The van der Waals surface area contributed by atoms with Crippen LogP contribution >= 0.6 is 19.6 Å². The van der Waals surface area contributed by atoms with Crippen LogP contribution in [0.5, 0.6) is 0 Å². The molecule has 0 aromatic rings. The van der Waals surface area contributed by atoms with E-state index >= 15 is 0 Å². The van der Waals surface area contributed by atoms with Gasteiger partial charge in [-0.25, -0.2) is 0 Å². The summed E-state index contributed by atoms with van der Waals surface area (Å²) in [6.07, 6.45) is 20.4. The van der Waals surface area contributed by atoms with E-state index in [4.69, 9.17) is 13.8 Å². The fourth-order valence-corrected chi connectivity index (χ4v) is 4.81. The Morgan fingerprint density at radius 1 is 0.788 bits per heavy atom. The van der Waals surface area contributed by atoms with E-state index in [1.807, 2.05) is 27.4 Å². The molecule has 0 saturated heterocycles. The first-order valence-electron chi connectivity index (χ1n) is 13.2. The maximum absolute atomic E-state index is 12.0. The molecule has 0 spiro atoms. The molecule has 0 aliphatic carbocycles. The molecule has 2 atom stereocenters. The molecule has 0 aromatic carbocycles. The number of phosphoric ester groups is 1. The number of hydrogen-bond acceptors (Lipinski definition) is 6. The van der Waals surface area contributed by atoms with Gasteiger partial charge in [-0.05, 0) is 12.7 Å². The molecule has 0 saturated carbocycles. The highest BCUT2D eigenvalue weighted by Crippen LogP contribution is 2.38. The van der Waals surface area contributed by atoms with Crippen molar-refractivity contribution < 1.29 is 27.7 Å². The minimum Gasteiger partial charge on any atom is -0.756 e. The third-order valence-corrected chi connectivity index (χ3v) is 7.30. The summed E-state index contributed by atoms with van der Waals surface area (Å²) in [6.45, 7) is 3.66. The molecule has 0 bridgehead atoms. The minimum absolute atomic E-state index is 0.0184. The Labute approximate surface area is 209 Å². The van der Waals surface area contributed by atoms with E-state index in [0.717, 1.165) is 6.42 Å². The van der Waals surface area contributed by atoms with Crippen LogP contribution in [0.3, 0.4) is 0 Å². The summed E-state index contributed by atoms with van der Waals surface area (Å²) in [5.41, 5.74) is 0. The molecular formula is C25H54NO5PS. The van der Waals surface area contributed by atoms with Gasteiger partial charge < -0.3 is 23.2 Å². The Morgan fingerprint density at radius 2 is 1.27 bits per heavy atom. The smallest absolute Gasteiger partial charge is 0.268 e. The lowest BCUT2D eigenvalue weighted by Gasteiger charge is -2.28. The molecule has 33 heavy (non-hydrogen) atoms. The van der Waals surface area contributed by atoms with Crippen molar-refractivity contribution in [3.63, 3.8) is 0 Å². The Bertz CT molecular complexity index is 476. The number of phosphoric acid groups is 1. The van der Waals surface area contributed by atoms with Crippen LogP contribution in [-0.2, 0) is 18.3 Å². The van der Waals surface area contributed by atoms with Crippen LogP contribution in [0.4, 0.5) is 0 Å². The van der Waals surface area contributed by atoms with Crippen LogP contribution in [0.2, 0.25) is 0 Å². The van der Waals surface area contributed by atoms with Crippen molar-refractivity contribution in [1.29, 1.82) is 0 Å². The van der Waals surface area contributed by atoms with Gasteiger partial charge in [0.1, 0.15) is 13.2 Å². The zero-order chi connectivity index (χ0) is 24.8. The van der Waals surface area contributed by atoms with Crippen LogP contribution in [-0.4, -0.2) is 70.1 Å². The van der Waals surface area contributed by atoms with E-state index in [-0.39, 0.29) is 19.3 Å². The van der Waals surface area contributed by atoms with Gasteiger partial charge in [0.05, 0.1) is 33.9 Å². The molecule has 0 rings (SSSR count). The highest BCUT2D eigenvalue weighted by molar-refractivity contribution is 7.98. The zero-order valence-electron chi connectivity index (χ0n) is 22.4. The number of likely N-dealkylation sites (N-methyl/N-ethyl adjacent to an activating group) is 1. The standard InChI is InChI=1S/C25H54NO5PS/c1-6-7-8-9-10-11-12-13-14-15-16-17-18-19-21-29-25(24-33-5)23-31-32(27,28)30-22-20-26(2,3)4/h25H,6-24H2,1-5H3. The third-order valence-electron chi connectivity index (χ3n) is 5.63. The summed E-state index contributed by atoms with van der Waals surface area (Å²) in [7, 11) is 1.68. The lowest BCUT2D eigenvalue weighted by Crippen LogP contribution is -2.37. The van der Waals surface area contributed by atoms with Crippen molar-refractivity contribution in [3.05, 3.63) is 0 Å². The molecule has 0 fully saturated rings. The predicted molar refractivity (Wildman–Crippen MR) is 141 cm³/mol. The van der Waals surface area contributed by atoms with Crippen LogP contribution in [0, 0.1) is 0 Å². The van der Waals surface area contributed by atoms with Crippen molar-refractivity contribution in [3.8, 4) is 0 Å². The molecule has 0 heterocycles. The third kappa shape index (κ3) is 25.3. The van der Waals surface area contributed by atoms with Gasteiger partial charge in [-0.1, -0.05) is 90.4 Å². The van der Waals surface area contributed by atoms with Gasteiger partial charge in [0.25, 0.3) is 7.82 Å². The molecule has 0 aliphatic heterocycles. The van der Waals surface area contributed by atoms with Gasteiger partial charge in [-0.3, -0.25) is 4.57 Å². The molecular weight excluding hydrogens is 457 g/mol. The second-order valence-corrected chi connectivity index (χ2v) is 12.5. The summed E-state index contributed by atoms with van der Waals surface area (Å²) in [6, 6.07) is 0. The first kappa shape index (κ1) is 33.4. The van der Waals surface area contributed by atoms with E-state index < -0.39 is 7.82 Å². The lowest BCUT2D eigenvalue weighted by atomic mass is 10.0. The van der Waals surface area contributed by atoms with E-state index in [1.54, 1.807) is 11.8 Å². The zero-order valence-corrected chi connectivity index (χ0v) is 24.1. The van der Waals surface area contributed by atoms with E-state index in [2.05, 4.69) is 6.92 Å². The lowest BCUT2D eigenvalue weighted by molar-refractivity contribution is -0.870. The van der Waals surface area contributed by atoms with Gasteiger partial charge in [0.2, 0.25) is 0 Å². The SMILES string of the molecule is CCCCCCCCCCCCCCCCOC(COP(=O)([O-])OCC[N+](C)(C)C)CSC. The number of hydrogen-bond donors (Lipinski definition) is 0. The van der Waals surface area contributed by atoms with Crippen molar-refractivity contribution in [2.45, 2.75) is 103 Å². The average Bonchev–Trinajstić information content (AvgIpc) is 2.73. The van der Waals surface area contributed by atoms with Gasteiger partial charge >= 0.3 is 0 Å². The number of unbranched alkanes of at least 4 members (excludes halogenated alkanes) is 13. The Balaban J connectivity index is 3.68. The fourth-order valence-electron chi connectivity index (χ4n) is 3.52. The van der Waals surface area contributed by atoms with Crippen LogP contribution < -0.4 is 4.89 Å². The molecule has 0 N–H and O–H groups in total. The number of nitrogens with zero attached hydrogens (tertiary/aromatic N) is 1. The highest BCUT2D eigenvalue weighted by Gasteiger charge is 2.17. The van der Waals surface area contributed by atoms with Gasteiger partial charge in [0, 0.05) is 12.4 Å². The largest absolute Gasteiger partial charge is 0.756 e. The normalized spacial score (nSPS) is 15.0. The summed E-state index contributed by atoms with van der Waals surface area (Å²) < 4.78 is 28.5. The van der Waals surface area contributed by atoms with E-state index in [1.165, 1.54) is 83.5 Å². The first-order chi connectivity index (χ1) is 15.7. The average molecular weight is 512 g/mol. The van der Waals surface area contributed by atoms with Gasteiger partial charge in [-0.15, -0.1) is 0 Å². The van der Waals surface area contributed by atoms with Crippen LogP contribution in [0.1, 0.15) is 96.8 Å². The molecule has 0 amide bonds. The molecule has 0 aromatic heterocycles. The number of thioether (sulfide) groups is 1. The van der Waals surface area contributed by atoms with Crippen molar-refractivity contribution in [2.24, 2.45) is 0 Å². The molecule has 200 valence electrons. The molecule has 0 aliphatic rings. The number of quaternary nitrogens is 1. The van der Waals surface area contributed by atoms with E-state index in [0.29, 0.717) is 23.4 Å². The minimum atomic E-state index is -4.28. The van der Waals surface area contributed by atoms with Crippen LogP contribution in [0.25, 0.3) is 0 Å². The van der Waals surface area contributed by atoms with Crippen molar-refractivity contribution in [1.82, 2.24) is 0 Å². The molecule has 2 unspecified atom stereocenters. The monoisotopic (exact) mass is 511 g/mol. The summed E-state index contributed by atoms with van der Waals surface area (Å²) in [4.78, 5) is 12.0. The second kappa shape index (κ2) is 21.6. The maximum Gasteiger partial charge on any atom is 0.268 e. The van der Waals surface area contributed by atoms with E-state index in [9.17, 15) is 9.46 Å². The number of rotatable bonds is 25. The van der Waals surface area contributed by atoms with Gasteiger partial charge in [0.15, 0.2) is 0 Å². The quantitative estimate of drug-likeness (QED) is 0.0800. The Morgan fingerprint density at radius 3 is 1.73 bits per heavy atom. The summed E-state index contributed by atoms with van der Waals surface area (Å²) >= 11 is 1.63. The molecule has 6 nitrogen and oxygen atoms in total. The molecule has 8 heteroatoms. The topological polar surface area (TPSA) is 67.8 Å². The first-order valence-corrected chi connectivity index (χ1v) is 16.1. The Hall–Kier alpha value is 0.380. The maximum atomic E-state index is 12.0. The number of ether oxygens (including phenoxy) is 1. The van der Waals surface area contributed by atoms with Crippen LogP contribution in [0.15, 0.2) is 0 Å². The van der Waals surface area contributed by atoms with Gasteiger partial charge in [-0.2, -0.15) is 11.8 Å². The second-order valence-electron chi connectivity index (χ2n) is 10.1. The van der Waals surface area contributed by atoms with Crippen molar-refractivity contribution in [2.75, 3.05) is 59.5 Å². The predicted octanol–water partition coefficient (Wildman–Crippen LogP) is 6.42. The fraction of sp³-hybridized carbons (Fsp3) is 1.00. The van der Waals surface area contributed by atoms with Crippen molar-refractivity contribution >= 4 is 19.6 Å². The highest BCUT2D eigenvalue weighted by atomic mass is 32.2. The molecule has 0 radical (unpaired) electrons. The summed E-state index contributed by atoms with van der Waals surface area (Å²) in [5.74, 6) is 0.706. The summed E-state index contributed by atoms with van der Waals surface area (Å²) in [5, 5.41) is 0.